The van der Waals surface area contributed by atoms with Gasteiger partial charge in [-0.15, -0.1) is 0 Å². The maximum Gasteiger partial charge on any atom is 0.264 e. The summed E-state index contributed by atoms with van der Waals surface area (Å²) in [6.07, 6.45) is -2.78. The fraction of sp³-hybridized carbons (Fsp3) is 0.500. The summed E-state index contributed by atoms with van der Waals surface area (Å²) >= 11 is 0. The molecule has 22 heavy (non-hydrogen) atoms. The van der Waals surface area contributed by atoms with Crippen molar-refractivity contribution in [3.05, 3.63) is 22.4 Å². The minimum absolute atomic E-state index is 0.130. The van der Waals surface area contributed by atoms with E-state index in [0.29, 0.717) is 0 Å². The first-order chi connectivity index (χ1) is 10.3. The molecule has 3 heterocycles. The Kier molecular flexibility index (Phi) is 3.22. The molecular formula is C12H15FN4O5. The Morgan fingerprint density at radius 3 is 2.91 bits per heavy atom. The molecule has 0 unspecified atom stereocenters. The van der Waals surface area contributed by atoms with E-state index in [1.807, 2.05) is 0 Å². The number of nitrogen functional groups attached to an aromatic ring is 1. The summed E-state index contributed by atoms with van der Waals surface area (Å²) in [7, 11) is 0. The summed E-state index contributed by atoms with van der Waals surface area (Å²) in [5.74, 6) is -1.10. The van der Waals surface area contributed by atoms with E-state index in [2.05, 4.69) is 9.97 Å². The zero-order valence-corrected chi connectivity index (χ0v) is 11.5. The van der Waals surface area contributed by atoms with Gasteiger partial charge in [-0.05, 0) is 6.92 Å². The number of ether oxygens (including phenoxy) is 1. The van der Waals surface area contributed by atoms with E-state index in [-0.39, 0.29) is 17.0 Å². The lowest BCUT2D eigenvalue weighted by Crippen LogP contribution is -2.44. The molecule has 120 valence electrons. The van der Waals surface area contributed by atoms with Crippen LogP contribution in [0.2, 0.25) is 0 Å². The molecule has 0 radical (unpaired) electrons. The SMILES string of the molecule is C[C@@]1(O)[C@H](O)[C@@H](CO)O[C@H]1n1cc(F)c2c(=O)[nH]c(N)nc21. The molecule has 1 aliphatic rings. The lowest BCUT2D eigenvalue weighted by Gasteiger charge is -2.27. The van der Waals surface area contributed by atoms with Crippen LogP contribution in [-0.2, 0) is 4.74 Å². The standard InChI is InChI=1S/C12H15FN4O5/c1-12(21)7(19)5(3-18)22-10(12)17-2-4(13)6-8(17)15-11(14)16-9(6)20/h2,5,7,10,18-19,21H,3H2,1H3,(H3,14,15,16,20)/t5-,7-,10-,12-/m1/s1. The van der Waals surface area contributed by atoms with Crippen LogP contribution in [0.15, 0.2) is 11.0 Å². The number of aliphatic hydroxyl groups is 3. The number of H-pyrrole nitrogens is 1. The highest BCUT2D eigenvalue weighted by atomic mass is 19.1. The highest BCUT2D eigenvalue weighted by Crippen LogP contribution is 2.39. The van der Waals surface area contributed by atoms with Crippen molar-refractivity contribution in [2.24, 2.45) is 0 Å². The molecule has 0 bridgehead atoms. The van der Waals surface area contributed by atoms with Crippen LogP contribution in [0, 0.1) is 5.82 Å². The van der Waals surface area contributed by atoms with Crippen molar-refractivity contribution < 1.29 is 24.4 Å². The Hall–Kier alpha value is -2.01. The third kappa shape index (κ3) is 1.92. The Labute approximate surface area is 122 Å². The molecule has 9 nitrogen and oxygen atoms in total. The second kappa shape index (κ2) is 4.74. The molecule has 6 N–H and O–H groups in total. The molecule has 0 spiro atoms. The van der Waals surface area contributed by atoms with Crippen LogP contribution < -0.4 is 11.3 Å². The number of aromatic nitrogens is 3. The van der Waals surface area contributed by atoms with Gasteiger partial charge in [0.15, 0.2) is 17.7 Å². The van der Waals surface area contributed by atoms with Crippen LogP contribution in [0.3, 0.4) is 0 Å². The minimum Gasteiger partial charge on any atom is -0.394 e. The van der Waals surface area contributed by atoms with Crippen LogP contribution in [0.4, 0.5) is 10.3 Å². The van der Waals surface area contributed by atoms with Crippen LogP contribution in [0.1, 0.15) is 13.2 Å². The summed E-state index contributed by atoms with van der Waals surface area (Å²) in [4.78, 5) is 17.8. The van der Waals surface area contributed by atoms with Gasteiger partial charge < -0.3 is 25.8 Å². The number of hydrogen-bond donors (Lipinski definition) is 5. The molecule has 10 heteroatoms. The maximum absolute atomic E-state index is 14.0. The molecule has 1 saturated heterocycles. The van der Waals surface area contributed by atoms with E-state index in [9.17, 15) is 19.4 Å². The Bertz CT molecular complexity index is 786. The highest BCUT2D eigenvalue weighted by molar-refractivity contribution is 5.77. The smallest absolute Gasteiger partial charge is 0.264 e. The first kappa shape index (κ1) is 14.9. The second-order valence-electron chi connectivity index (χ2n) is 5.41. The number of nitrogens with zero attached hydrogens (tertiary/aromatic N) is 2. The fourth-order valence-electron chi connectivity index (χ4n) is 2.70. The van der Waals surface area contributed by atoms with E-state index >= 15 is 0 Å². The summed E-state index contributed by atoms with van der Waals surface area (Å²) in [5, 5.41) is 29.2. The van der Waals surface area contributed by atoms with Crippen molar-refractivity contribution in [2.75, 3.05) is 12.3 Å². The summed E-state index contributed by atoms with van der Waals surface area (Å²) < 4.78 is 20.5. The largest absolute Gasteiger partial charge is 0.394 e. The summed E-state index contributed by atoms with van der Waals surface area (Å²) in [6.45, 7) is 0.740. The second-order valence-corrected chi connectivity index (χ2v) is 5.41. The van der Waals surface area contributed by atoms with Crippen molar-refractivity contribution in [2.45, 2.75) is 31.0 Å². The minimum atomic E-state index is -1.83. The predicted octanol–water partition coefficient (Wildman–Crippen LogP) is -1.55. The third-order valence-corrected chi connectivity index (χ3v) is 3.84. The maximum atomic E-state index is 14.0. The molecule has 2 aromatic rings. The number of rotatable bonds is 2. The van der Waals surface area contributed by atoms with Gasteiger partial charge in [0.05, 0.1) is 6.61 Å². The Morgan fingerprint density at radius 2 is 2.32 bits per heavy atom. The lowest BCUT2D eigenvalue weighted by atomic mass is 9.96. The number of anilines is 1. The molecule has 0 amide bonds. The van der Waals surface area contributed by atoms with Crippen molar-refractivity contribution >= 4 is 17.0 Å². The molecule has 2 aromatic heterocycles. The Morgan fingerprint density at radius 1 is 1.64 bits per heavy atom. The van der Waals surface area contributed by atoms with Gasteiger partial charge in [0, 0.05) is 6.20 Å². The Balaban J connectivity index is 2.21. The van der Waals surface area contributed by atoms with Gasteiger partial charge in [0.2, 0.25) is 5.95 Å². The lowest BCUT2D eigenvalue weighted by molar-refractivity contribution is -0.0949. The topological polar surface area (TPSA) is 147 Å². The van der Waals surface area contributed by atoms with E-state index in [1.165, 1.54) is 6.92 Å². The first-order valence-electron chi connectivity index (χ1n) is 6.50. The van der Waals surface area contributed by atoms with Gasteiger partial charge in [-0.2, -0.15) is 4.98 Å². The average molecular weight is 314 g/mol. The van der Waals surface area contributed by atoms with Gasteiger partial charge in [0.1, 0.15) is 23.2 Å². The number of nitrogens with one attached hydrogen (secondary N) is 1. The monoisotopic (exact) mass is 314 g/mol. The molecular weight excluding hydrogens is 299 g/mol. The molecule has 0 aromatic carbocycles. The van der Waals surface area contributed by atoms with Gasteiger partial charge in [-0.3, -0.25) is 14.3 Å². The average Bonchev–Trinajstić information content (AvgIpc) is 2.86. The summed E-state index contributed by atoms with van der Waals surface area (Å²) in [6, 6.07) is 0. The zero-order valence-electron chi connectivity index (χ0n) is 11.5. The third-order valence-electron chi connectivity index (χ3n) is 3.84. The van der Waals surface area contributed by atoms with Crippen LogP contribution in [0.25, 0.3) is 11.0 Å². The number of fused-ring (bicyclic) bond motifs is 1. The first-order valence-corrected chi connectivity index (χ1v) is 6.50. The number of nitrogens with two attached hydrogens (primary N) is 1. The fourth-order valence-corrected chi connectivity index (χ4v) is 2.70. The molecule has 1 fully saturated rings. The predicted molar refractivity (Wildman–Crippen MR) is 72.4 cm³/mol. The van der Waals surface area contributed by atoms with Gasteiger partial charge >= 0.3 is 0 Å². The van der Waals surface area contributed by atoms with Crippen molar-refractivity contribution in [3.63, 3.8) is 0 Å². The van der Waals surface area contributed by atoms with Crippen molar-refractivity contribution in [1.82, 2.24) is 14.5 Å². The molecule has 3 rings (SSSR count). The number of halogens is 1. The zero-order chi connectivity index (χ0) is 16.2. The van der Waals surface area contributed by atoms with Gasteiger partial charge in [-0.1, -0.05) is 0 Å². The van der Waals surface area contributed by atoms with Gasteiger partial charge in [-0.25, -0.2) is 4.39 Å². The normalized spacial score (nSPS) is 32.0. The molecule has 1 aliphatic heterocycles. The van der Waals surface area contributed by atoms with Crippen molar-refractivity contribution in [1.29, 1.82) is 0 Å². The summed E-state index contributed by atoms with van der Waals surface area (Å²) in [5.41, 5.74) is 2.73. The number of aromatic amines is 1. The van der Waals surface area contributed by atoms with E-state index < -0.39 is 42.0 Å². The van der Waals surface area contributed by atoms with Crippen molar-refractivity contribution in [3.8, 4) is 0 Å². The van der Waals surface area contributed by atoms with Crippen LogP contribution in [0.5, 0.6) is 0 Å². The molecule has 0 saturated carbocycles. The van der Waals surface area contributed by atoms with E-state index in [1.54, 1.807) is 0 Å². The van der Waals surface area contributed by atoms with E-state index in [0.717, 1.165) is 10.8 Å². The molecule has 0 aliphatic carbocycles. The number of aliphatic hydroxyl groups excluding tert-OH is 2. The van der Waals surface area contributed by atoms with E-state index in [4.69, 9.17) is 15.6 Å². The van der Waals surface area contributed by atoms with Crippen LogP contribution >= 0.6 is 0 Å². The van der Waals surface area contributed by atoms with Gasteiger partial charge in [0.25, 0.3) is 5.56 Å². The van der Waals surface area contributed by atoms with Crippen LogP contribution in [-0.4, -0.2) is 54.3 Å². The molecule has 4 atom stereocenters. The quantitative estimate of drug-likeness (QED) is 0.451. The highest BCUT2D eigenvalue weighted by Gasteiger charge is 2.53. The number of hydrogen-bond acceptors (Lipinski definition) is 7.